The summed E-state index contributed by atoms with van der Waals surface area (Å²) in [6.07, 6.45) is 8.72. The Balaban J connectivity index is 2.80. The van der Waals surface area contributed by atoms with Gasteiger partial charge in [-0.05, 0) is 0 Å². The van der Waals surface area contributed by atoms with E-state index in [-0.39, 0.29) is 8.80 Å². The Hall–Kier alpha value is 0.217. The molecule has 0 N–H and O–H groups in total. The summed E-state index contributed by atoms with van der Waals surface area (Å²) < 4.78 is 0. The third kappa shape index (κ3) is 10.2. The van der Waals surface area contributed by atoms with Crippen LogP contribution in [0.2, 0.25) is 19.1 Å². The molecule has 0 nitrogen and oxygen atoms in total. The van der Waals surface area contributed by atoms with Gasteiger partial charge in [-0.2, -0.15) is 19.1 Å². The molecule has 68 valence electrons. The largest absolute Gasteiger partial charge is 0.267 e. The van der Waals surface area contributed by atoms with Gasteiger partial charge < -0.3 is 0 Å². The molecule has 1 heteroatoms. The lowest BCUT2D eigenvalue weighted by Gasteiger charge is -2.14. The monoisotopic (exact) mass is 171 g/mol. The second kappa shape index (κ2) is 8.31. The highest BCUT2D eigenvalue weighted by Gasteiger charge is 1.87. The summed E-state index contributed by atoms with van der Waals surface area (Å²) >= 11 is 0. The van der Waals surface area contributed by atoms with Crippen molar-refractivity contribution in [1.29, 1.82) is 0 Å². The number of rotatable bonds is 7. The van der Waals surface area contributed by atoms with Gasteiger partial charge in [0.1, 0.15) is 0 Å². The number of hydrogen-bond donors (Lipinski definition) is 0. The van der Waals surface area contributed by atoms with Crippen LogP contribution in [0.4, 0.5) is 0 Å². The van der Waals surface area contributed by atoms with Crippen LogP contribution in [0, 0.1) is 0 Å². The molecule has 0 rings (SSSR count). The highest BCUT2D eigenvalue weighted by Crippen LogP contribution is 2.08. The Labute approximate surface area is 74.0 Å². The SMILES string of the molecule is CCCCCCCC[Si-](C)C. The molecular weight excluding hydrogens is 148 g/mol. The Morgan fingerprint density at radius 1 is 0.818 bits per heavy atom. The van der Waals surface area contributed by atoms with E-state index in [0.29, 0.717) is 0 Å². The molecule has 0 unspecified atom stereocenters. The molecule has 0 aromatic heterocycles. The fourth-order valence-corrected chi connectivity index (χ4v) is 2.22. The van der Waals surface area contributed by atoms with E-state index in [1.807, 2.05) is 0 Å². The predicted molar refractivity (Wildman–Crippen MR) is 55.7 cm³/mol. The zero-order chi connectivity index (χ0) is 8.53. The average Bonchev–Trinajstić information content (AvgIpc) is 1.96. The summed E-state index contributed by atoms with van der Waals surface area (Å²) in [6, 6.07) is 1.52. The molecular formula is C10H23Si-. The van der Waals surface area contributed by atoms with Crippen molar-refractivity contribution in [3.05, 3.63) is 0 Å². The maximum Gasteiger partial charge on any atom is -0.0533 e. The molecule has 0 amide bonds. The van der Waals surface area contributed by atoms with Crippen molar-refractivity contribution in [3.8, 4) is 0 Å². The van der Waals surface area contributed by atoms with Gasteiger partial charge >= 0.3 is 0 Å². The Morgan fingerprint density at radius 2 is 1.36 bits per heavy atom. The van der Waals surface area contributed by atoms with Crippen LogP contribution in [0.25, 0.3) is 0 Å². The Bertz CT molecular complexity index is 69.3. The lowest BCUT2D eigenvalue weighted by atomic mass is 10.1. The molecule has 0 aliphatic rings. The topological polar surface area (TPSA) is 0 Å². The summed E-state index contributed by atoms with van der Waals surface area (Å²) in [6.45, 7) is 7.10. The molecule has 0 bridgehead atoms. The second-order valence-electron chi connectivity index (χ2n) is 3.72. The van der Waals surface area contributed by atoms with Crippen molar-refractivity contribution in [2.24, 2.45) is 0 Å². The third-order valence-electron chi connectivity index (χ3n) is 2.03. The summed E-state index contributed by atoms with van der Waals surface area (Å²) in [5.74, 6) is 0. The van der Waals surface area contributed by atoms with Crippen LogP contribution in [-0.2, 0) is 0 Å². The van der Waals surface area contributed by atoms with Crippen molar-refractivity contribution in [2.45, 2.75) is 64.6 Å². The third-order valence-corrected chi connectivity index (χ3v) is 3.38. The van der Waals surface area contributed by atoms with Crippen LogP contribution in [0.3, 0.4) is 0 Å². The first-order valence-corrected chi connectivity index (χ1v) is 7.77. The van der Waals surface area contributed by atoms with E-state index >= 15 is 0 Å². The smallest absolute Gasteiger partial charge is 0.0533 e. The van der Waals surface area contributed by atoms with E-state index in [0.717, 1.165) is 0 Å². The van der Waals surface area contributed by atoms with E-state index in [2.05, 4.69) is 20.0 Å². The standard InChI is InChI=1S/C10H23Si/c1-4-5-6-7-8-9-10-11(2)3/h4-10H2,1-3H3/q-1. The highest BCUT2D eigenvalue weighted by molar-refractivity contribution is 6.55. The normalized spacial score (nSPS) is 10.9. The van der Waals surface area contributed by atoms with Gasteiger partial charge in [-0.3, -0.25) is 8.80 Å². The van der Waals surface area contributed by atoms with Crippen LogP contribution < -0.4 is 0 Å². The summed E-state index contributed by atoms with van der Waals surface area (Å²) in [5.41, 5.74) is 0. The first-order chi connectivity index (χ1) is 5.27. The van der Waals surface area contributed by atoms with Gasteiger partial charge in [0.15, 0.2) is 0 Å². The maximum atomic E-state index is 2.41. The van der Waals surface area contributed by atoms with E-state index in [9.17, 15) is 0 Å². The maximum absolute atomic E-state index is 2.41. The fourth-order valence-electron chi connectivity index (χ4n) is 1.26. The van der Waals surface area contributed by atoms with Gasteiger partial charge in [0.25, 0.3) is 0 Å². The molecule has 0 fully saturated rings. The number of hydrogen-bond acceptors (Lipinski definition) is 0. The first-order valence-electron chi connectivity index (χ1n) is 5.06. The molecule has 0 saturated heterocycles. The Morgan fingerprint density at radius 3 is 1.91 bits per heavy atom. The Kier molecular flexibility index (Phi) is 8.48. The van der Waals surface area contributed by atoms with Crippen LogP contribution >= 0.6 is 0 Å². The summed E-state index contributed by atoms with van der Waals surface area (Å²) in [4.78, 5) is 0. The summed E-state index contributed by atoms with van der Waals surface area (Å²) in [5, 5.41) is 0. The number of unbranched alkanes of at least 4 members (excludes halogenated alkanes) is 5. The van der Waals surface area contributed by atoms with Gasteiger partial charge in [0, 0.05) is 0 Å². The minimum Gasteiger partial charge on any atom is -0.267 e. The van der Waals surface area contributed by atoms with Crippen molar-refractivity contribution in [2.75, 3.05) is 0 Å². The zero-order valence-electron chi connectivity index (χ0n) is 8.45. The molecule has 0 aromatic carbocycles. The molecule has 0 atom stereocenters. The fraction of sp³-hybridized carbons (Fsp3) is 1.00. The average molecular weight is 171 g/mol. The van der Waals surface area contributed by atoms with Gasteiger partial charge in [-0.1, -0.05) is 45.4 Å². The van der Waals surface area contributed by atoms with E-state index < -0.39 is 0 Å². The minimum absolute atomic E-state index is 0.0728. The minimum atomic E-state index is 0.0728. The van der Waals surface area contributed by atoms with Gasteiger partial charge in [-0.15, -0.1) is 0 Å². The van der Waals surface area contributed by atoms with Crippen LogP contribution in [-0.4, -0.2) is 8.80 Å². The lowest BCUT2D eigenvalue weighted by Crippen LogP contribution is -1.97. The highest BCUT2D eigenvalue weighted by atomic mass is 28.3. The van der Waals surface area contributed by atoms with E-state index in [4.69, 9.17) is 0 Å². The molecule has 0 aromatic rings. The molecule has 0 heterocycles. The molecule has 0 aliphatic carbocycles. The quantitative estimate of drug-likeness (QED) is 0.399. The molecule has 0 spiro atoms. The predicted octanol–water partition coefficient (Wildman–Crippen LogP) is 4.10. The van der Waals surface area contributed by atoms with Crippen molar-refractivity contribution >= 4 is 8.80 Å². The van der Waals surface area contributed by atoms with Crippen LogP contribution in [0.5, 0.6) is 0 Å². The van der Waals surface area contributed by atoms with Gasteiger partial charge in [-0.25, -0.2) is 0 Å². The van der Waals surface area contributed by atoms with E-state index in [1.165, 1.54) is 44.6 Å². The van der Waals surface area contributed by atoms with Crippen LogP contribution in [0.15, 0.2) is 0 Å². The first kappa shape index (κ1) is 11.2. The molecule has 0 saturated carbocycles. The molecule has 0 aliphatic heterocycles. The lowest BCUT2D eigenvalue weighted by molar-refractivity contribution is 0.623. The summed E-state index contributed by atoms with van der Waals surface area (Å²) in [7, 11) is 0.0728. The van der Waals surface area contributed by atoms with Crippen molar-refractivity contribution < 1.29 is 0 Å². The van der Waals surface area contributed by atoms with Gasteiger partial charge in [0.2, 0.25) is 0 Å². The van der Waals surface area contributed by atoms with Gasteiger partial charge in [0.05, 0.1) is 0 Å². The zero-order valence-corrected chi connectivity index (χ0v) is 9.45. The van der Waals surface area contributed by atoms with Crippen molar-refractivity contribution in [3.63, 3.8) is 0 Å². The second-order valence-corrected chi connectivity index (χ2v) is 6.64. The van der Waals surface area contributed by atoms with Crippen LogP contribution in [0.1, 0.15) is 45.4 Å². The molecule has 11 heavy (non-hydrogen) atoms. The van der Waals surface area contributed by atoms with E-state index in [1.54, 1.807) is 0 Å². The van der Waals surface area contributed by atoms with Crippen molar-refractivity contribution in [1.82, 2.24) is 0 Å². The molecule has 0 radical (unpaired) electrons.